The molecule has 6 nitrogen and oxygen atoms in total. The highest BCUT2D eigenvalue weighted by Gasteiger charge is 2.31. The van der Waals surface area contributed by atoms with Crippen LogP contribution in [0.4, 0.5) is 15.8 Å². The van der Waals surface area contributed by atoms with Gasteiger partial charge in [-0.3, -0.25) is 19.9 Å². The molecule has 3 heterocycles. The summed E-state index contributed by atoms with van der Waals surface area (Å²) in [6.45, 7) is 6.02. The number of nitrogens with zero attached hydrogens (tertiary/aromatic N) is 3. The summed E-state index contributed by atoms with van der Waals surface area (Å²) >= 11 is 0. The molecule has 108 valence electrons. The summed E-state index contributed by atoms with van der Waals surface area (Å²) in [7, 11) is 0. The van der Waals surface area contributed by atoms with Crippen molar-refractivity contribution < 1.29 is 9.31 Å². The van der Waals surface area contributed by atoms with E-state index in [9.17, 15) is 14.5 Å². The lowest BCUT2D eigenvalue weighted by atomic mass is 10.1. The molecule has 1 aromatic rings. The summed E-state index contributed by atoms with van der Waals surface area (Å²) in [5.74, 6) is -0.574. The number of rotatable bonds is 4. The van der Waals surface area contributed by atoms with Crippen LogP contribution < -0.4 is 5.32 Å². The standard InChI is InChI=1S/C13H17FN4O2/c14-12-7-10(18(19)20)1-2-13(12)15-8-11-9-16-3-5-17(11)6-4-16/h1-2,7,11,15H,3-6,8-9H2. The Morgan fingerprint density at radius 1 is 1.35 bits per heavy atom. The number of non-ortho nitro benzene ring substituents is 1. The second-order valence-corrected chi connectivity index (χ2v) is 5.29. The average Bonchev–Trinajstić information content (AvgIpc) is 2.47. The number of halogens is 1. The first-order valence-electron chi connectivity index (χ1n) is 6.78. The lowest BCUT2D eigenvalue weighted by Crippen LogP contribution is -2.62. The van der Waals surface area contributed by atoms with E-state index in [0.29, 0.717) is 18.3 Å². The first kappa shape index (κ1) is 13.3. The topological polar surface area (TPSA) is 61.7 Å². The Hall–Kier alpha value is -1.73. The zero-order valence-corrected chi connectivity index (χ0v) is 11.1. The van der Waals surface area contributed by atoms with E-state index in [1.807, 2.05) is 0 Å². The van der Waals surface area contributed by atoms with Crippen molar-refractivity contribution in [3.63, 3.8) is 0 Å². The van der Waals surface area contributed by atoms with E-state index in [0.717, 1.165) is 38.8 Å². The van der Waals surface area contributed by atoms with Gasteiger partial charge in [-0.15, -0.1) is 0 Å². The van der Waals surface area contributed by atoms with Gasteiger partial charge in [0.1, 0.15) is 0 Å². The molecule has 1 atom stereocenters. The minimum absolute atomic E-state index is 0.223. The first-order chi connectivity index (χ1) is 9.63. The number of benzene rings is 1. The van der Waals surface area contributed by atoms with Gasteiger partial charge in [0.25, 0.3) is 5.69 Å². The molecular weight excluding hydrogens is 263 g/mol. The Labute approximate surface area is 116 Å². The second kappa shape index (κ2) is 5.34. The molecule has 2 bridgehead atoms. The molecule has 3 fully saturated rings. The summed E-state index contributed by atoms with van der Waals surface area (Å²) in [6.07, 6.45) is 0. The number of hydrogen-bond acceptors (Lipinski definition) is 5. The molecule has 0 aliphatic carbocycles. The maximum Gasteiger partial charge on any atom is 0.272 e. The summed E-state index contributed by atoms with van der Waals surface area (Å²) < 4.78 is 13.8. The summed E-state index contributed by atoms with van der Waals surface area (Å²) in [5.41, 5.74) is 0.105. The molecule has 0 saturated carbocycles. The number of anilines is 1. The quantitative estimate of drug-likeness (QED) is 0.662. The van der Waals surface area contributed by atoms with Crippen molar-refractivity contribution in [2.24, 2.45) is 0 Å². The largest absolute Gasteiger partial charge is 0.381 e. The lowest BCUT2D eigenvalue weighted by Gasteiger charge is -2.47. The van der Waals surface area contributed by atoms with Crippen molar-refractivity contribution >= 4 is 11.4 Å². The monoisotopic (exact) mass is 280 g/mol. The van der Waals surface area contributed by atoms with Crippen molar-refractivity contribution in [1.29, 1.82) is 0 Å². The minimum atomic E-state index is -0.591. The van der Waals surface area contributed by atoms with Crippen LogP contribution in [0.15, 0.2) is 18.2 Å². The summed E-state index contributed by atoms with van der Waals surface area (Å²) in [4.78, 5) is 14.8. The van der Waals surface area contributed by atoms with E-state index in [2.05, 4.69) is 15.1 Å². The molecule has 1 aromatic carbocycles. The highest BCUT2D eigenvalue weighted by molar-refractivity contribution is 5.50. The number of piperazine rings is 3. The van der Waals surface area contributed by atoms with Crippen molar-refractivity contribution in [2.75, 3.05) is 44.6 Å². The minimum Gasteiger partial charge on any atom is -0.381 e. The van der Waals surface area contributed by atoms with E-state index >= 15 is 0 Å². The molecule has 3 saturated heterocycles. The van der Waals surface area contributed by atoms with Gasteiger partial charge < -0.3 is 5.32 Å². The van der Waals surface area contributed by atoms with Crippen LogP contribution in [0, 0.1) is 15.9 Å². The van der Waals surface area contributed by atoms with Crippen molar-refractivity contribution in [2.45, 2.75) is 6.04 Å². The molecule has 7 heteroatoms. The molecule has 4 rings (SSSR count). The Morgan fingerprint density at radius 2 is 2.10 bits per heavy atom. The second-order valence-electron chi connectivity index (χ2n) is 5.29. The molecule has 0 aromatic heterocycles. The van der Waals surface area contributed by atoms with Crippen LogP contribution in [0.3, 0.4) is 0 Å². The molecule has 0 spiro atoms. The first-order valence-corrected chi connectivity index (χ1v) is 6.78. The van der Waals surface area contributed by atoms with Crippen molar-refractivity contribution in [3.05, 3.63) is 34.1 Å². The fourth-order valence-electron chi connectivity index (χ4n) is 2.91. The van der Waals surface area contributed by atoms with Crippen LogP contribution in [-0.2, 0) is 0 Å². The number of fused-ring (bicyclic) bond motifs is 3. The maximum atomic E-state index is 13.8. The number of nitrogens with one attached hydrogen (secondary N) is 1. The molecular formula is C13H17FN4O2. The van der Waals surface area contributed by atoms with Crippen LogP contribution in [-0.4, -0.2) is 60.0 Å². The molecule has 1 N–H and O–H groups in total. The van der Waals surface area contributed by atoms with Gasteiger partial charge in [-0.1, -0.05) is 0 Å². The van der Waals surface area contributed by atoms with Crippen LogP contribution in [0.2, 0.25) is 0 Å². The fourth-order valence-corrected chi connectivity index (χ4v) is 2.91. The van der Waals surface area contributed by atoms with Gasteiger partial charge in [-0.25, -0.2) is 4.39 Å². The highest BCUT2D eigenvalue weighted by atomic mass is 19.1. The smallest absolute Gasteiger partial charge is 0.272 e. The Balaban J connectivity index is 1.62. The van der Waals surface area contributed by atoms with Gasteiger partial charge in [-0.2, -0.15) is 0 Å². The molecule has 20 heavy (non-hydrogen) atoms. The van der Waals surface area contributed by atoms with E-state index < -0.39 is 10.7 Å². The molecule has 3 aliphatic heterocycles. The van der Waals surface area contributed by atoms with E-state index in [1.54, 1.807) is 0 Å². The zero-order chi connectivity index (χ0) is 14.1. The molecule has 1 unspecified atom stereocenters. The van der Waals surface area contributed by atoms with E-state index in [-0.39, 0.29) is 5.69 Å². The SMILES string of the molecule is O=[N+]([O-])c1ccc(NCC2CN3CCN2CC3)c(F)c1. The van der Waals surface area contributed by atoms with Gasteiger partial charge in [0.15, 0.2) is 5.82 Å². The molecule has 0 radical (unpaired) electrons. The third-order valence-electron chi connectivity index (χ3n) is 4.08. The normalized spacial score (nSPS) is 28.4. The maximum absolute atomic E-state index is 13.8. The van der Waals surface area contributed by atoms with Gasteiger partial charge >= 0.3 is 0 Å². The van der Waals surface area contributed by atoms with Gasteiger partial charge in [0.05, 0.1) is 16.7 Å². The molecule has 0 amide bonds. The Morgan fingerprint density at radius 3 is 2.65 bits per heavy atom. The van der Waals surface area contributed by atoms with Gasteiger partial charge in [-0.05, 0) is 6.07 Å². The van der Waals surface area contributed by atoms with E-state index in [4.69, 9.17) is 0 Å². The van der Waals surface area contributed by atoms with Crippen LogP contribution in [0.1, 0.15) is 0 Å². The molecule has 3 aliphatic rings. The third-order valence-corrected chi connectivity index (χ3v) is 4.08. The third kappa shape index (κ3) is 2.59. The Kier molecular flexibility index (Phi) is 3.54. The van der Waals surface area contributed by atoms with Gasteiger partial charge in [0.2, 0.25) is 0 Å². The predicted molar refractivity (Wildman–Crippen MR) is 73.3 cm³/mol. The zero-order valence-electron chi connectivity index (χ0n) is 11.1. The number of nitro benzene ring substituents is 1. The number of hydrogen-bond donors (Lipinski definition) is 1. The fraction of sp³-hybridized carbons (Fsp3) is 0.538. The van der Waals surface area contributed by atoms with Crippen LogP contribution >= 0.6 is 0 Å². The Bertz CT molecular complexity index is 517. The van der Waals surface area contributed by atoms with Crippen molar-refractivity contribution in [3.8, 4) is 0 Å². The van der Waals surface area contributed by atoms with Crippen LogP contribution in [0.25, 0.3) is 0 Å². The number of nitro groups is 1. The summed E-state index contributed by atoms with van der Waals surface area (Å²) in [6, 6.07) is 4.10. The van der Waals surface area contributed by atoms with Crippen molar-refractivity contribution in [1.82, 2.24) is 9.80 Å². The summed E-state index contributed by atoms with van der Waals surface area (Å²) in [5, 5.41) is 13.6. The highest BCUT2D eigenvalue weighted by Crippen LogP contribution is 2.21. The average molecular weight is 280 g/mol. The van der Waals surface area contributed by atoms with Crippen LogP contribution in [0.5, 0.6) is 0 Å². The predicted octanol–water partition coefficient (Wildman–Crippen LogP) is 1.15. The van der Waals surface area contributed by atoms with Gasteiger partial charge in [0, 0.05) is 51.4 Å². The van der Waals surface area contributed by atoms with E-state index in [1.165, 1.54) is 12.1 Å². The lowest BCUT2D eigenvalue weighted by molar-refractivity contribution is -0.385.